The first kappa shape index (κ1) is 16.2. The van der Waals surface area contributed by atoms with Gasteiger partial charge in [-0.1, -0.05) is 6.07 Å². The largest absolute Gasteiger partial charge is 0.343 e. The van der Waals surface area contributed by atoms with Crippen molar-refractivity contribution in [1.82, 2.24) is 24.6 Å². The van der Waals surface area contributed by atoms with E-state index in [4.69, 9.17) is 0 Å². The number of rotatable bonds is 4. The Morgan fingerprint density at radius 1 is 1.40 bits per heavy atom. The van der Waals surface area contributed by atoms with Gasteiger partial charge in [-0.05, 0) is 25.5 Å². The van der Waals surface area contributed by atoms with Gasteiger partial charge in [0.25, 0.3) is 0 Å². The summed E-state index contributed by atoms with van der Waals surface area (Å²) in [6.45, 7) is 6.01. The molecule has 1 N–H and O–H groups in total. The van der Waals surface area contributed by atoms with Crippen molar-refractivity contribution >= 4 is 22.9 Å². The summed E-state index contributed by atoms with van der Waals surface area (Å²) in [6.07, 6.45) is 4.95. The van der Waals surface area contributed by atoms with Crippen molar-refractivity contribution in [3.63, 3.8) is 0 Å². The minimum Gasteiger partial charge on any atom is -0.343 e. The highest BCUT2D eigenvalue weighted by molar-refractivity contribution is 7.09. The number of pyridine rings is 1. The molecule has 6 nitrogen and oxygen atoms in total. The van der Waals surface area contributed by atoms with Gasteiger partial charge in [-0.15, -0.1) is 11.3 Å². The van der Waals surface area contributed by atoms with Crippen LogP contribution >= 0.6 is 11.3 Å². The van der Waals surface area contributed by atoms with Crippen LogP contribution in [-0.2, 0) is 16.9 Å². The number of thiazole rings is 1. The Morgan fingerprint density at radius 2 is 2.28 bits per heavy atom. The van der Waals surface area contributed by atoms with Gasteiger partial charge in [0.05, 0.1) is 5.69 Å². The molecule has 4 heterocycles. The summed E-state index contributed by atoms with van der Waals surface area (Å²) in [5.74, 6) is -0.0116. The lowest BCUT2D eigenvalue weighted by molar-refractivity contribution is -0.120. The highest BCUT2D eigenvalue weighted by atomic mass is 32.1. The topological polar surface area (TPSA) is 62.5 Å². The molecule has 1 unspecified atom stereocenters. The van der Waals surface area contributed by atoms with Crippen LogP contribution in [0.25, 0.3) is 5.65 Å². The average Bonchev–Trinajstić information content (AvgIpc) is 3.26. The highest BCUT2D eigenvalue weighted by Gasteiger charge is 2.42. The maximum absolute atomic E-state index is 11.8. The van der Waals surface area contributed by atoms with E-state index in [0.717, 1.165) is 48.1 Å². The second kappa shape index (κ2) is 6.24. The Labute approximate surface area is 150 Å². The normalized spacial score (nSPS) is 21.0. The molecular weight excluding hydrogens is 334 g/mol. The molecule has 1 amide bonds. The first-order valence-corrected chi connectivity index (χ1v) is 9.28. The molecule has 0 saturated carbocycles. The van der Waals surface area contributed by atoms with Crippen LogP contribution in [0.5, 0.6) is 0 Å². The SMILES string of the molecule is CC(=O)NC1(c2nc(C)cs2)CCN(Cc2cn3ccccc3n2)C1. The van der Waals surface area contributed by atoms with E-state index < -0.39 is 0 Å². The third-order valence-corrected chi connectivity index (χ3v) is 5.76. The molecule has 0 radical (unpaired) electrons. The lowest BCUT2D eigenvalue weighted by atomic mass is 9.99. The summed E-state index contributed by atoms with van der Waals surface area (Å²) in [5, 5.41) is 6.21. The number of likely N-dealkylation sites (tertiary alicyclic amines) is 1. The molecular formula is C18H21N5OS. The molecule has 1 aliphatic rings. The molecule has 130 valence electrons. The van der Waals surface area contributed by atoms with Gasteiger partial charge in [0.15, 0.2) is 0 Å². The molecule has 0 aliphatic carbocycles. The van der Waals surface area contributed by atoms with Crippen LogP contribution < -0.4 is 5.32 Å². The molecule has 25 heavy (non-hydrogen) atoms. The predicted octanol–water partition coefficient (Wildman–Crippen LogP) is 2.34. The number of hydrogen-bond acceptors (Lipinski definition) is 5. The lowest BCUT2D eigenvalue weighted by Crippen LogP contribution is -2.47. The van der Waals surface area contributed by atoms with Crippen LogP contribution in [0, 0.1) is 6.92 Å². The fraction of sp³-hybridized carbons (Fsp3) is 0.389. The maximum atomic E-state index is 11.8. The summed E-state index contributed by atoms with van der Waals surface area (Å²) >= 11 is 1.63. The second-order valence-electron chi connectivity index (χ2n) is 6.72. The third kappa shape index (κ3) is 3.17. The van der Waals surface area contributed by atoms with Crippen molar-refractivity contribution in [2.45, 2.75) is 32.4 Å². The van der Waals surface area contributed by atoms with Crippen molar-refractivity contribution in [3.8, 4) is 0 Å². The monoisotopic (exact) mass is 355 g/mol. The van der Waals surface area contributed by atoms with Crippen LogP contribution in [0.1, 0.15) is 29.7 Å². The predicted molar refractivity (Wildman–Crippen MR) is 97.4 cm³/mol. The number of aromatic nitrogens is 3. The van der Waals surface area contributed by atoms with Gasteiger partial charge in [0, 0.05) is 50.0 Å². The van der Waals surface area contributed by atoms with Crippen LogP contribution in [0.2, 0.25) is 0 Å². The molecule has 3 aromatic rings. The summed E-state index contributed by atoms with van der Waals surface area (Å²) in [6, 6.07) is 6.00. The van der Waals surface area contributed by atoms with E-state index in [1.807, 2.05) is 41.1 Å². The summed E-state index contributed by atoms with van der Waals surface area (Å²) < 4.78 is 2.04. The molecule has 1 atom stereocenters. The summed E-state index contributed by atoms with van der Waals surface area (Å²) in [4.78, 5) is 23.5. The third-order valence-electron chi connectivity index (χ3n) is 4.59. The van der Waals surface area contributed by atoms with Crippen LogP contribution in [-0.4, -0.2) is 38.3 Å². The Hall–Kier alpha value is -2.25. The first-order valence-electron chi connectivity index (χ1n) is 8.40. The Morgan fingerprint density at radius 3 is 3.00 bits per heavy atom. The van der Waals surface area contributed by atoms with Crippen molar-refractivity contribution < 1.29 is 4.79 Å². The number of fused-ring (bicyclic) bond motifs is 1. The molecule has 1 saturated heterocycles. The highest BCUT2D eigenvalue weighted by Crippen LogP contribution is 2.34. The first-order chi connectivity index (χ1) is 12.0. The minimum absolute atomic E-state index is 0.0116. The zero-order chi connectivity index (χ0) is 17.4. The van der Waals surface area contributed by atoms with Crippen molar-refractivity contribution in [2.75, 3.05) is 13.1 Å². The minimum atomic E-state index is -0.385. The van der Waals surface area contributed by atoms with Crippen molar-refractivity contribution in [2.24, 2.45) is 0 Å². The fourth-order valence-electron chi connectivity index (χ4n) is 3.56. The van der Waals surface area contributed by atoms with Crippen molar-refractivity contribution in [3.05, 3.63) is 52.4 Å². The number of carbonyl (C=O) groups excluding carboxylic acids is 1. The van der Waals surface area contributed by atoms with Gasteiger partial charge in [-0.2, -0.15) is 0 Å². The smallest absolute Gasteiger partial charge is 0.217 e. The van der Waals surface area contributed by atoms with E-state index in [9.17, 15) is 4.79 Å². The number of amides is 1. The van der Waals surface area contributed by atoms with E-state index in [1.54, 1.807) is 18.3 Å². The maximum Gasteiger partial charge on any atom is 0.217 e. The lowest BCUT2D eigenvalue weighted by Gasteiger charge is -2.28. The zero-order valence-corrected chi connectivity index (χ0v) is 15.2. The Balaban J connectivity index is 1.55. The average molecular weight is 355 g/mol. The van der Waals surface area contributed by atoms with Crippen LogP contribution in [0.15, 0.2) is 36.0 Å². The van der Waals surface area contributed by atoms with E-state index in [-0.39, 0.29) is 11.4 Å². The Kier molecular flexibility index (Phi) is 4.05. The van der Waals surface area contributed by atoms with E-state index in [1.165, 1.54) is 0 Å². The Bertz CT molecular complexity index is 884. The quantitative estimate of drug-likeness (QED) is 0.780. The summed E-state index contributed by atoms with van der Waals surface area (Å²) in [5.41, 5.74) is 2.62. The number of nitrogens with one attached hydrogen (secondary N) is 1. The van der Waals surface area contributed by atoms with Gasteiger partial charge < -0.3 is 9.72 Å². The van der Waals surface area contributed by atoms with E-state index in [2.05, 4.69) is 26.4 Å². The van der Waals surface area contributed by atoms with Gasteiger partial charge in [-0.25, -0.2) is 9.97 Å². The number of carbonyl (C=O) groups is 1. The second-order valence-corrected chi connectivity index (χ2v) is 7.57. The number of imidazole rings is 1. The van der Waals surface area contributed by atoms with Gasteiger partial charge in [0.2, 0.25) is 5.91 Å². The number of nitrogens with zero attached hydrogens (tertiary/aromatic N) is 4. The van der Waals surface area contributed by atoms with Crippen LogP contribution in [0.4, 0.5) is 0 Å². The number of aryl methyl sites for hydroxylation is 1. The molecule has 1 fully saturated rings. The van der Waals surface area contributed by atoms with Gasteiger partial charge in [0.1, 0.15) is 16.2 Å². The zero-order valence-electron chi connectivity index (χ0n) is 14.4. The molecule has 3 aromatic heterocycles. The van der Waals surface area contributed by atoms with Crippen LogP contribution in [0.3, 0.4) is 0 Å². The van der Waals surface area contributed by atoms with E-state index in [0.29, 0.717) is 0 Å². The van der Waals surface area contributed by atoms with Crippen molar-refractivity contribution in [1.29, 1.82) is 0 Å². The van der Waals surface area contributed by atoms with Gasteiger partial charge in [-0.3, -0.25) is 9.69 Å². The molecule has 1 aliphatic heterocycles. The molecule has 0 spiro atoms. The molecule has 4 rings (SSSR count). The molecule has 0 aromatic carbocycles. The fourth-order valence-corrected chi connectivity index (χ4v) is 4.53. The molecule has 0 bridgehead atoms. The standard InChI is InChI=1S/C18H21N5OS/c1-13-11-25-17(19-13)18(21-14(2)24)6-8-22(12-18)9-15-10-23-7-4-3-5-16(23)20-15/h3-5,7,10-11H,6,8-9,12H2,1-2H3,(H,21,24). The number of hydrogen-bond donors (Lipinski definition) is 1. The van der Waals surface area contributed by atoms with Gasteiger partial charge >= 0.3 is 0 Å². The summed E-state index contributed by atoms with van der Waals surface area (Å²) in [7, 11) is 0. The van der Waals surface area contributed by atoms with E-state index >= 15 is 0 Å². The molecule has 7 heteroatoms.